The third-order valence-corrected chi connectivity index (χ3v) is 6.25. The van der Waals surface area contributed by atoms with Crippen molar-refractivity contribution in [1.29, 1.82) is 0 Å². The Balaban J connectivity index is 1.74. The number of anilines is 1. The second-order valence-electron chi connectivity index (χ2n) is 7.14. The first-order chi connectivity index (χ1) is 15.7. The Morgan fingerprint density at radius 2 is 2.00 bits per heavy atom. The van der Waals surface area contributed by atoms with E-state index in [4.69, 9.17) is 26.8 Å². The number of nitrogens with two attached hydrogens (primary N) is 1. The molecule has 0 saturated heterocycles. The largest absolute Gasteiger partial charge is 0.471 e. The number of nitrogens with one attached hydrogen (secondary N) is 1. The number of carbonyl (C=O) groups is 3. The van der Waals surface area contributed by atoms with Gasteiger partial charge in [-0.1, -0.05) is 18.5 Å². The van der Waals surface area contributed by atoms with E-state index in [1.807, 2.05) is 13.8 Å². The summed E-state index contributed by atoms with van der Waals surface area (Å²) in [4.78, 5) is 37.2. The number of esters is 1. The average Bonchev–Trinajstić information content (AvgIpc) is 3.37. The molecule has 3 rings (SSSR count). The number of carbonyl (C=O) groups excluding carboxylic acids is 3. The minimum absolute atomic E-state index is 0.0763. The summed E-state index contributed by atoms with van der Waals surface area (Å²) in [7, 11) is 0. The molecule has 0 aliphatic carbocycles. The highest BCUT2D eigenvalue weighted by Crippen LogP contribution is 2.34. The highest BCUT2D eigenvalue weighted by atomic mass is 35.5. The first kappa shape index (κ1) is 24.3. The van der Waals surface area contributed by atoms with Crippen LogP contribution in [0.2, 0.25) is 5.02 Å². The number of primary amides is 1. The van der Waals surface area contributed by atoms with Crippen LogP contribution in [-0.4, -0.2) is 34.2 Å². The minimum atomic E-state index is -0.693. The normalized spacial score (nSPS) is 10.7. The van der Waals surface area contributed by atoms with Crippen molar-refractivity contribution in [3.05, 3.63) is 62.7 Å². The number of halogens is 1. The van der Waals surface area contributed by atoms with Gasteiger partial charge in [-0.3, -0.25) is 9.59 Å². The molecule has 0 radical (unpaired) electrons. The van der Waals surface area contributed by atoms with Crippen molar-refractivity contribution in [3.63, 3.8) is 0 Å². The van der Waals surface area contributed by atoms with Gasteiger partial charge in [0.2, 0.25) is 0 Å². The predicted octanol–water partition coefficient (Wildman–Crippen LogP) is 4.17. The van der Waals surface area contributed by atoms with Gasteiger partial charge in [0.25, 0.3) is 11.8 Å². The molecular weight excluding hydrogens is 468 g/mol. The summed E-state index contributed by atoms with van der Waals surface area (Å²) < 4.78 is 12.3. The van der Waals surface area contributed by atoms with Crippen LogP contribution in [-0.2, 0) is 11.5 Å². The molecule has 0 atom stereocenters. The molecule has 1 aromatic carbocycles. The van der Waals surface area contributed by atoms with E-state index in [0.717, 1.165) is 16.9 Å². The lowest BCUT2D eigenvalue weighted by Crippen LogP contribution is -2.16. The lowest BCUT2D eigenvalue weighted by Gasteiger charge is -2.08. The molecule has 174 valence electrons. The Morgan fingerprint density at radius 1 is 1.24 bits per heavy atom. The zero-order chi connectivity index (χ0) is 24.1. The Labute approximate surface area is 199 Å². The van der Waals surface area contributed by atoms with Gasteiger partial charge in [0, 0.05) is 11.2 Å². The van der Waals surface area contributed by atoms with Gasteiger partial charge < -0.3 is 20.5 Å². The van der Waals surface area contributed by atoms with Crippen molar-refractivity contribution in [1.82, 2.24) is 9.78 Å². The first-order valence-corrected chi connectivity index (χ1v) is 11.2. The van der Waals surface area contributed by atoms with Gasteiger partial charge in [-0.15, -0.1) is 11.3 Å². The standard InChI is InChI=1S/C22H23ClN4O5S/c1-4-9-31-22(30)17-13(3)18(19(24)28)33-21(17)25-20(29)16-7-8-27(26-16)11-32-14-5-6-15(23)12(2)10-14/h5-8,10H,4,9,11H2,1-3H3,(H2,24,28)(H,25,29). The fraction of sp³-hybridized carbons (Fsp3) is 0.273. The number of rotatable bonds is 9. The van der Waals surface area contributed by atoms with Crippen molar-refractivity contribution in [2.24, 2.45) is 5.73 Å². The van der Waals surface area contributed by atoms with Crippen LogP contribution in [0.15, 0.2) is 30.5 Å². The van der Waals surface area contributed by atoms with Crippen LogP contribution in [0.3, 0.4) is 0 Å². The van der Waals surface area contributed by atoms with E-state index >= 15 is 0 Å². The summed E-state index contributed by atoms with van der Waals surface area (Å²) in [5.74, 6) is -1.27. The van der Waals surface area contributed by atoms with Crippen molar-refractivity contribution in [2.45, 2.75) is 33.9 Å². The molecule has 0 bridgehead atoms. The summed E-state index contributed by atoms with van der Waals surface area (Å²) in [5.41, 5.74) is 6.86. The number of benzene rings is 1. The summed E-state index contributed by atoms with van der Waals surface area (Å²) in [6.07, 6.45) is 2.22. The quantitative estimate of drug-likeness (QED) is 0.433. The fourth-order valence-corrected chi connectivity index (χ4v) is 4.08. The second kappa shape index (κ2) is 10.5. The van der Waals surface area contributed by atoms with Gasteiger partial charge >= 0.3 is 5.97 Å². The lowest BCUT2D eigenvalue weighted by atomic mass is 10.1. The Kier molecular flexibility index (Phi) is 7.72. The third-order valence-electron chi connectivity index (χ3n) is 4.61. The maximum atomic E-state index is 12.8. The van der Waals surface area contributed by atoms with E-state index in [-0.39, 0.29) is 34.5 Å². The summed E-state index contributed by atoms with van der Waals surface area (Å²) in [6.45, 7) is 5.60. The molecule has 3 aromatic rings. The number of hydrogen-bond acceptors (Lipinski definition) is 7. The van der Waals surface area contributed by atoms with E-state index in [9.17, 15) is 14.4 Å². The zero-order valence-corrected chi connectivity index (χ0v) is 19.9. The van der Waals surface area contributed by atoms with E-state index in [0.29, 0.717) is 22.8 Å². The second-order valence-corrected chi connectivity index (χ2v) is 8.57. The Morgan fingerprint density at radius 3 is 2.67 bits per heavy atom. The minimum Gasteiger partial charge on any atom is -0.471 e. The number of aryl methyl sites for hydroxylation is 1. The third kappa shape index (κ3) is 5.71. The van der Waals surface area contributed by atoms with Crippen LogP contribution in [0.1, 0.15) is 55.0 Å². The molecule has 33 heavy (non-hydrogen) atoms. The maximum absolute atomic E-state index is 12.8. The molecule has 3 N–H and O–H groups in total. The molecule has 11 heteroatoms. The van der Waals surface area contributed by atoms with Crippen LogP contribution >= 0.6 is 22.9 Å². The van der Waals surface area contributed by atoms with Gasteiger partial charge in [0.05, 0.1) is 17.0 Å². The van der Waals surface area contributed by atoms with E-state index in [2.05, 4.69) is 10.4 Å². The van der Waals surface area contributed by atoms with Crippen molar-refractivity contribution in [3.8, 4) is 5.75 Å². The molecular formula is C22H23ClN4O5S. The Hall–Kier alpha value is -3.37. The lowest BCUT2D eigenvalue weighted by molar-refractivity contribution is 0.0506. The first-order valence-electron chi connectivity index (χ1n) is 10.0. The average molecular weight is 491 g/mol. The van der Waals surface area contributed by atoms with Crippen molar-refractivity contribution < 1.29 is 23.9 Å². The highest BCUT2D eigenvalue weighted by Gasteiger charge is 2.26. The Bertz CT molecular complexity index is 1200. The van der Waals surface area contributed by atoms with Gasteiger partial charge in [-0.05, 0) is 55.7 Å². The molecule has 2 aromatic heterocycles. The predicted molar refractivity (Wildman–Crippen MR) is 125 cm³/mol. The molecule has 0 spiro atoms. The van der Waals surface area contributed by atoms with Crippen LogP contribution in [0.5, 0.6) is 5.75 Å². The molecule has 0 aliphatic heterocycles. The zero-order valence-electron chi connectivity index (χ0n) is 18.3. The molecule has 2 amide bonds. The number of aromatic nitrogens is 2. The topological polar surface area (TPSA) is 126 Å². The number of amides is 2. The fourth-order valence-electron chi connectivity index (χ4n) is 2.92. The van der Waals surface area contributed by atoms with E-state index < -0.39 is 17.8 Å². The number of nitrogens with zero attached hydrogens (tertiary/aromatic N) is 2. The number of ether oxygens (including phenoxy) is 2. The van der Waals surface area contributed by atoms with E-state index in [1.165, 1.54) is 10.7 Å². The molecule has 2 heterocycles. The molecule has 0 unspecified atom stereocenters. The van der Waals surface area contributed by atoms with Gasteiger partial charge in [0.15, 0.2) is 12.4 Å². The van der Waals surface area contributed by atoms with Crippen LogP contribution in [0, 0.1) is 13.8 Å². The monoisotopic (exact) mass is 490 g/mol. The molecule has 0 saturated carbocycles. The number of hydrogen-bond donors (Lipinski definition) is 2. The van der Waals surface area contributed by atoms with Crippen LogP contribution in [0.4, 0.5) is 5.00 Å². The van der Waals surface area contributed by atoms with E-state index in [1.54, 1.807) is 31.3 Å². The molecule has 9 nitrogen and oxygen atoms in total. The van der Waals surface area contributed by atoms with Crippen molar-refractivity contribution in [2.75, 3.05) is 11.9 Å². The molecule has 0 aliphatic rings. The smallest absolute Gasteiger partial charge is 0.341 e. The summed E-state index contributed by atoms with van der Waals surface area (Å²) in [6, 6.07) is 6.78. The van der Waals surface area contributed by atoms with Gasteiger partial charge in [-0.2, -0.15) is 5.10 Å². The van der Waals surface area contributed by atoms with Crippen LogP contribution in [0.25, 0.3) is 0 Å². The maximum Gasteiger partial charge on any atom is 0.341 e. The molecule has 0 fully saturated rings. The van der Waals surface area contributed by atoms with Gasteiger partial charge in [-0.25, -0.2) is 9.48 Å². The van der Waals surface area contributed by atoms with Crippen LogP contribution < -0.4 is 15.8 Å². The number of thiophene rings is 1. The summed E-state index contributed by atoms with van der Waals surface area (Å²) in [5, 5.41) is 7.66. The SMILES string of the molecule is CCCOC(=O)c1c(NC(=O)c2ccn(COc3ccc(Cl)c(C)c3)n2)sc(C(N)=O)c1C. The highest BCUT2D eigenvalue weighted by molar-refractivity contribution is 7.18. The van der Waals surface area contributed by atoms with Crippen molar-refractivity contribution >= 4 is 45.7 Å². The summed E-state index contributed by atoms with van der Waals surface area (Å²) >= 11 is 6.93. The van der Waals surface area contributed by atoms with Gasteiger partial charge in [0.1, 0.15) is 10.8 Å².